The summed E-state index contributed by atoms with van der Waals surface area (Å²) < 4.78 is 13.0. The molecule has 0 unspecified atom stereocenters. The summed E-state index contributed by atoms with van der Waals surface area (Å²) in [5.74, 6) is 3.44. The van der Waals surface area contributed by atoms with E-state index in [9.17, 15) is 4.39 Å². The highest BCUT2D eigenvalue weighted by atomic mass is 35.5. The Balaban J connectivity index is 1.95. The first-order valence-electron chi connectivity index (χ1n) is 5.40. The summed E-state index contributed by atoms with van der Waals surface area (Å²) in [4.78, 5) is 9.75. The fourth-order valence-electron chi connectivity index (χ4n) is 1.68. The number of rotatable bonds is 2. The van der Waals surface area contributed by atoms with E-state index in [1.54, 1.807) is 29.3 Å². The average molecular weight is 292 g/mol. The molecule has 6 heteroatoms. The van der Waals surface area contributed by atoms with Crippen molar-refractivity contribution in [1.29, 1.82) is 0 Å². The second kappa shape index (κ2) is 5.19. The number of benzene rings is 1. The first-order chi connectivity index (χ1) is 9.24. The number of halogens is 2. The van der Waals surface area contributed by atoms with Crippen LogP contribution in [0.3, 0.4) is 0 Å². The predicted molar refractivity (Wildman–Crippen MR) is 74.7 cm³/mol. The molecule has 0 amide bonds. The molecule has 1 aliphatic heterocycles. The molecule has 0 spiro atoms. The van der Waals surface area contributed by atoms with E-state index in [0.717, 1.165) is 11.3 Å². The third-order valence-electron chi connectivity index (χ3n) is 2.54. The van der Waals surface area contributed by atoms with Crippen molar-refractivity contribution in [3.05, 3.63) is 64.5 Å². The number of aromatic nitrogens is 2. The van der Waals surface area contributed by atoms with E-state index < -0.39 is 0 Å². The van der Waals surface area contributed by atoms with E-state index in [2.05, 4.69) is 15.8 Å². The van der Waals surface area contributed by atoms with Crippen LogP contribution in [0.15, 0.2) is 41.9 Å². The van der Waals surface area contributed by atoms with E-state index in [1.165, 1.54) is 23.9 Å². The molecule has 0 aliphatic carbocycles. The van der Waals surface area contributed by atoms with Gasteiger partial charge < -0.3 is 4.90 Å². The Hall–Kier alpha value is -1.59. The van der Waals surface area contributed by atoms with Crippen molar-refractivity contribution in [3.8, 4) is 0 Å². The van der Waals surface area contributed by atoms with Crippen LogP contribution in [0.4, 0.5) is 10.2 Å². The van der Waals surface area contributed by atoms with Crippen LogP contribution in [-0.2, 0) is 0 Å². The standard InChI is InChI=1S/C13H7ClFN3S/c14-13-16-6-5-12(17-13)18-8-19-7-11(18)9-1-3-10(15)4-2-9/h1-7H. The van der Waals surface area contributed by atoms with Gasteiger partial charge in [-0.1, -0.05) is 11.8 Å². The topological polar surface area (TPSA) is 29.0 Å². The maximum absolute atomic E-state index is 13.0. The molecule has 3 nitrogen and oxygen atoms in total. The zero-order valence-electron chi connectivity index (χ0n) is 9.55. The number of hydrogen-bond donors (Lipinski definition) is 0. The fourth-order valence-corrected chi connectivity index (χ4v) is 2.52. The van der Waals surface area contributed by atoms with Gasteiger partial charge in [-0.2, -0.15) is 0 Å². The second-order valence-corrected chi connectivity index (χ2v) is 4.73. The van der Waals surface area contributed by atoms with Crippen molar-refractivity contribution < 1.29 is 4.39 Å². The Labute approximate surface area is 119 Å². The van der Waals surface area contributed by atoms with Crippen LogP contribution < -0.4 is 4.90 Å². The summed E-state index contributed by atoms with van der Waals surface area (Å²) in [6, 6.07) is 8.01. The van der Waals surface area contributed by atoms with Crippen LogP contribution in [0.2, 0.25) is 5.28 Å². The van der Waals surface area contributed by atoms with Crippen molar-refractivity contribution in [2.75, 3.05) is 4.90 Å². The minimum absolute atomic E-state index is 0.176. The van der Waals surface area contributed by atoms with Gasteiger partial charge in [0.1, 0.15) is 11.6 Å². The van der Waals surface area contributed by atoms with Crippen LogP contribution in [0, 0.1) is 11.7 Å². The van der Waals surface area contributed by atoms with Gasteiger partial charge in [-0.15, -0.1) is 0 Å². The molecule has 1 aromatic carbocycles. The predicted octanol–water partition coefficient (Wildman–Crippen LogP) is 3.82. The molecule has 1 aliphatic rings. The molecule has 0 fully saturated rings. The first-order valence-corrected chi connectivity index (χ1v) is 6.66. The van der Waals surface area contributed by atoms with E-state index in [4.69, 9.17) is 11.6 Å². The highest BCUT2D eigenvalue weighted by Crippen LogP contribution is 2.37. The smallest absolute Gasteiger partial charge is 0.224 e. The molecule has 2 radical (unpaired) electrons. The molecular formula is C13H7ClFN3S. The van der Waals surface area contributed by atoms with E-state index in [-0.39, 0.29) is 11.1 Å². The Morgan fingerprint density at radius 1 is 1.21 bits per heavy atom. The third kappa shape index (κ3) is 2.57. The van der Waals surface area contributed by atoms with Gasteiger partial charge in [-0.05, 0) is 52.9 Å². The summed E-state index contributed by atoms with van der Waals surface area (Å²) in [6.45, 7) is 0. The molecule has 0 saturated heterocycles. The van der Waals surface area contributed by atoms with Crippen molar-refractivity contribution in [1.82, 2.24) is 9.97 Å². The van der Waals surface area contributed by atoms with Crippen LogP contribution in [0.1, 0.15) is 5.56 Å². The molecule has 0 atom stereocenters. The lowest BCUT2D eigenvalue weighted by Crippen LogP contribution is -2.14. The quantitative estimate of drug-likeness (QED) is 0.787. The Morgan fingerprint density at radius 2 is 2.00 bits per heavy atom. The molecule has 0 N–H and O–H groups in total. The summed E-state index contributed by atoms with van der Waals surface area (Å²) >= 11 is 7.19. The zero-order chi connectivity index (χ0) is 13.2. The second-order valence-electron chi connectivity index (χ2n) is 3.74. The van der Waals surface area contributed by atoms with Crippen molar-refractivity contribution in [3.63, 3.8) is 0 Å². The summed E-state index contributed by atoms with van der Waals surface area (Å²) in [7, 11) is 0. The molecule has 0 bridgehead atoms. The van der Waals surface area contributed by atoms with Crippen molar-refractivity contribution >= 4 is 34.9 Å². The van der Waals surface area contributed by atoms with Crippen LogP contribution in [-0.4, -0.2) is 9.97 Å². The Bertz CT molecular complexity index is 630. The van der Waals surface area contributed by atoms with Gasteiger partial charge in [-0.3, -0.25) is 0 Å². The summed E-state index contributed by atoms with van der Waals surface area (Å²) in [5, 5.41) is 2.10. The van der Waals surface area contributed by atoms with Crippen molar-refractivity contribution in [2.45, 2.75) is 0 Å². The molecule has 2 heterocycles. The summed E-state index contributed by atoms with van der Waals surface area (Å²) in [5.41, 5.74) is 1.76. The molecule has 0 saturated carbocycles. The number of thioether (sulfide) groups is 1. The highest BCUT2D eigenvalue weighted by Gasteiger charge is 2.21. The summed E-state index contributed by atoms with van der Waals surface area (Å²) in [6.07, 6.45) is 1.58. The van der Waals surface area contributed by atoms with Gasteiger partial charge in [0.05, 0.1) is 5.70 Å². The van der Waals surface area contributed by atoms with Gasteiger partial charge in [0.15, 0.2) is 5.88 Å². The van der Waals surface area contributed by atoms with E-state index in [1.807, 2.05) is 5.41 Å². The van der Waals surface area contributed by atoms with Gasteiger partial charge in [-0.25, -0.2) is 14.4 Å². The molecule has 1 aromatic heterocycles. The maximum Gasteiger partial charge on any atom is 0.224 e. The van der Waals surface area contributed by atoms with Crippen LogP contribution >= 0.6 is 23.4 Å². The number of anilines is 1. The molecule has 19 heavy (non-hydrogen) atoms. The van der Waals surface area contributed by atoms with E-state index >= 15 is 0 Å². The Morgan fingerprint density at radius 3 is 2.74 bits per heavy atom. The SMILES string of the molecule is Fc1ccc(C2=CS[C]N2c2ccnc(Cl)n2)cc1. The first kappa shape index (κ1) is 12.4. The lowest BCUT2D eigenvalue weighted by Gasteiger charge is -2.19. The minimum Gasteiger partial charge on any atom is -0.303 e. The Kier molecular flexibility index (Phi) is 3.40. The zero-order valence-corrected chi connectivity index (χ0v) is 11.1. The van der Waals surface area contributed by atoms with Gasteiger partial charge in [0.2, 0.25) is 5.28 Å². The molecule has 3 rings (SSSR count). The van der Waals surface area contributed by atoms with Crippen LogP contribution in [0.5, 0.6) is 0 Å². The number of nitrogens with zero attached hydrogens (tertiary/aromatic N) is 3. The maximum atomic E-state index is 13.0. The molecular weight excluding hydrogens is 285 g/mol. The van der Waals surface area contributed by atoms with Gasteiger partial charge in [0, 0.05) is 6.20 Å². The number of hydrogen-bond acceptors (Lipinski definition) is 4. The lowest BCUT2D eigenvalue weighted by atomic mass is 10.1. The van der Waals surface area contributed by atoms with Gasteiger partial charge in [0.25, 0.3) is 0 Å². The van der Waals surface area contributed by atoms with E-state index in [0.29, 0.717) is 5.82 Å². The highest BCUT2D eigenvalue weighted by molar-refractivity contribution is 8.04. The monoisotopic (exact) mass is 291 g/mol. The fraction of sp³-hybridized carbons (Fsp3) is 0. The average Bonchev–Trinajstić information content (AvgIpc) is 2.89. The van der Waals surface area contributed by atoms with Crippen LogP contribution in [0.25, 0.3) is 5.70 Å². The normalized spacial score (nSPS) is 14.6. The minimum atomic E-state index is -0.264. The molecule has 2 aromatic rings. The molecule has 94 valence electrons. The lowest BCUT2D eigenvalue weighted by molar-refractivity contribution is 0.627. The largest absolute Gasteiger partial charge is 0.303 e. The third-order valence-corrected chi connectivity index (χ3v) is 3.35. The van der Waals surface area contributed by atoms with Gasteiger partial charge >= 0.3 is 0 Å². The van der Waals surface area contributed by atoms with Crippen molar-refractivity contribution in [2.24, 2.45) is 0 Å².